The minimum Gasteiger partial charge on any atom is -0.360 e. The number of halogens is 1. The van der Waals surface area contributed by atoms with Crippen LogP contribution in [0.5, 0.6) is 0 Å². The standard InChI is InChI=1S/C21H22ClN5O3S/c1-12-19(31-26-24-12)21(29)27-9-7-14(8-10-27)11-23-20(28)17-13(2)30-25-18(17)15-5-3-4-6-16(15)22/h3-6,14H,7-11H2,1-2H3,(H,23,28). The van der Waals surface area contributed by atoms with E-state index in [9.17, 15) is 9.59 Å². The molecule has 0 radical (unpaired) electrons. The van der Waals surface area contributed by atoms with Crippen molar-refractivity contribution in [3.8, 4) is 11.3 Å². The molecular formula is C21H22ClN5O3S. The molecule has 0 aliphatic carbocycles. The van der Waals surface area contributed by atoms with Gasteiger partial charge in [-0.2, -0.15) is 0 Å². The van der Waals surface area contributed by atoms with E-state index in [1.54, 1.807) is 19.9 Å². The smallest absolute Gasteiger partial charge is 0.267 e. The van der Waals surface area contributed by atoms with E-state index < -0.39 is 0 Å². The van der Waals surface area contributed by atoms with E-state index in [0.717, 1.165) is 24.4 Å². The lowest BCUT2D eigenvalue weighted by atomic mass is 9.96. The summed E-state index contributed by atoms with van der Waals surface area (Å²) in [5, 5.41) is 11.5. The van der Waals surface area contributed by atoms with E-state index in [0.29, 0.717) is 57.8 Å². The number of likely N-dealkylation sites (tertiary alicyclic amines) is 1. The largest absolute Gasteiger partial charge is 0.360 e. The molecule has 1 N–H and O–H groups in total. The van der Waals surface area contributed by atoms with Crippen molar-refractivity contribution in [2.24, 2.45) is 5.92 Å². The van der Waals surface area contributed by atoms with Crippen LogP contribution in [-0.4, -0.2) is 51.1 Å². The normalized spacial score (nSPS) is 14.6. The Balaban J connectivity index is 1.36. The predicted molar refractivity (Wildman–Crippen MR) is 117 cm³/mol. The van der Waals surface area contributed by atoms with E-state index in [4.69, 9.17) is 16.1 Å². The van der Waals surface area contributed by atoms with Crippen LogP contribution in [-0.2, 0) is 0 Å². The molecule has 0 bridgehead atoms. The molecule has 0 saturated carbocycles. The lowest BCUT2D eigenvalue weighted by molar-refractivity contribution is 0.0688. The molecule has 1 saturated heterocycles. The fourth-order valence-electron chi connectivity index (χ4n) is 3.71. The Hall–Kier alpha value is -2.78. The number of hydrogen-bond acceptors (Lipinski definition) is 7. The van der Waals surface area contributed by atoms with Gasteiger partial charge in [-0.05, 0) is 50.2 Å². The van der Waals surface area contributed by atoms with Gasteiger partial charge in [0.15, 0.2) is 0 Å². The molecule has 10 heteroatoms. The van der Waals surface area contributed by atoms with Crippen molar-refractivity contribution < 1.29 is 14.1 Å². The Morgan fingerprint density at radius 3 is 2.68 bits per heavy atom. The highest BCUT2D eigenvalue weighted by atomic mass is 35.5. The van der Waals surface area contributed by atoms with Crippen molar-refractivity contribution >= 4 is 34.9 Å². The zero-order valence-corrected chi connectivity index (χ0v) is 18.8. The Kier molecular flexibility index (Phi) is 6.33. The molecule has 3 aromatic rings. The number of carbonyl (C=O) groups is 2. The number of amides is 2. The van der Waals surface area contributed by atoms with Gasteiger partial charge in [-0.15, -0.1) is 5.10 Å². The molecule has 0 atom stereocenters. The van der Waals surface area contributed by atoms with Crippen LogP contribution >= 0.6 is 23.1 Å². The molecule has 1 fully saturated rings. The first kappa shape index (κ1) is 21.5. The molecule has 1 aromatic carbocycles. The minimum absolute atomic E-state index is 0.0144. The average Bonchev–Trinajstić information content (AvgIpc) is 3.37. The van der Waals surface area contributed by atoms with Crippen LogP contribution in [0.3, 0.4) is 0 Å². The van der Waals surface area contributed by atoms with Gasteiger partial charge >= 0.3 is 0 Å². The summed E-state index contributed by atoms with van der Waals surface area (Å²) in [5.41, 5.74) is 2.16. The molecule has 2 amide bonds. The summed E-state index contributed by atoms with van der Waals surface area (Å²) >= 11 is 7.41. The highest BCUT2D eigenvalue weighted by Crippen LogP contribution is 2.31. The van der Waals surface area contributed by atoms with Gasteiger partial charge in [0.25, 0.3) is 11.8 Å². The van der Waals surface area contributed by atoms with Crippen LogP contribution in [0.25, 0.3) is 11.3 Å². The molecule has 1 aliphatic heterocycles. The van der Waals surface area contributed by atoms with Gasteiger partial charge in [0.05, 0.1) is 10.7 Å². The van der Waals surface area contributed by atoms with Crippen molar-refractivity contribution in [2.75, 3.05) is 19.6 Å². The van der Waals surface area contributed by atoms with Gasteiger partial charge < -0.3 is 14.7 Å². The molecule has 0 unspecified atom stereocenters. The summed E-state index contributed by atoms with van der Waals surface area (Å²) in [6.45, 7) is 5.32. The van der Waals surface area contributed by atoms with E-state index >= 15 is 0 Å². The van der Waals surface area contributed by atoms with Gasteiger partial charge in [0.2, 0.25) is 0 Å². The number of rotatable bonds is 5. The summed E-state index contributed by atoms with van der Waals surface area (Å²) in [6, 6.07) is 7.22. The number of aromatic nitrogens is 3. The number of nitrogens with zero attached hydrogens (tertiary/aromatic N) is 4. The number of aryl methyl sites for hydroxylation is 2. The minimum atomic E-state index is -0.237. The Morgan fingerprint density at radius 1 is 1.26 bits per heavy atom. The lowest BCUT2D eigenvalue weighted by Gasteiger charge is -2.31. The second kappa shape index (κ2) is 9.15. The van der Waals surface area contributed by atoms with Crippen LogP contribution in [0.2, 0.25) is 5.02 Å². The summed E-state index contributed by atoms with van der Waals surface area (Å²) in [7, 11) is 0. The zero-order valence-electron chi connectivity index (χ0n) is 17.2. The lowest BCUT2D eigenvalue weighted by Crippen LogP contribution is -2.41. The average molecular weight is 460 g/mol. The van der Waals surface area contributed by atoms with E-state index in [1.165, 1.54) is 0 Å². The Labute approximate surface area is 188 Å². The summed E-state index contributed by atoms with van der Waals surface area (Å²) < 4.78 is 9.12. The number of nitrogens with one attached hydrogen (secondary N) is 1. The second-order valence-corrected chi connectivity index (χ2v) is 8.74. The van der Waals surface area contributed by atoms with Crippen LogP contribution in [0, 0.1) is 19.8 Å². The van der Waals surface area contributed by atoms with Gasteiger partial charge in [-0.25, -0.2) is 0 Å². The quantitative estimate of drug-likeness (QED) is 0.623. The molecule has 1 aliphatic rings. The highest BCUT2D eigenvalue weighted by molar-refractivity contribution is 7.07. The van der Waals surface area contributed by atoms with Crippen LogP contribution in [0.1, 0.15) is 44.3 Å². The van der Waals surface area contributed by atoms with Crippen molar-refractivity contribution in [2.45, 2.75) is 26.7 Å². The fourth-order valence-corrected chi connectivity index (χ4v) is 4.56. The zero-order chi connectivity index (χ0) is 22.0. The molecule has 3 heterocycles. The topological polar surface area (TPSA) is 101 Å². The molecule has 4 rings (SSSR count). The maximum absolute atomic E-state index is 12.9. The van der Waals surface area contributed by atoms with E-state index in [1.807, 2.05) is 23.1 Å². The van der Waals surface area contributed by atoms with Crippen LogP contribution in [0.15, 0.2) is 28.8 Å². The third-order valence-corrected chi connectivity index (χ3v) is 6.66. The van der Waals surface area contributed by atoms with Gasteiger partial charge in [-0.1, -0.05) is 39.4 Å². The summed E-state index contributed by atoms with van der Waals surface area (Å²) in [6.07, 6.45) is 1.63. The van der Waals surface area contributed by atoms with E-state index in [2.05, 4.69) is 20.1 Å². The molecular weight excluding hydrogens is 438 g/mol. The predicted octanol–water partition coefficient (Wildman–Crippen LogP) is 3.75. The molecule has 2 aromatic heterocycles. The van der Waals surface area contributed by atoms with Crippen LogP contribution < -0.4 is 5.32 Å². The third kappa shape index (κ3) is 4.47. The van der Waals surface area contributed by atoms with Crippen molar-refractivity contribution in [1.29, 1.82) is 0 Å². The third-order valence-electron chi connectivity index (χ3n) is 5.52. The monoisotopic (exact) mass is 459 g/mol. The first-order valence-corrected chi connectivity index (χ1v) is 11.2. The second-order valence-electron chi connectivity index (χ2n) is 7.58. The van der Waals surface area contributed by atoms with Crippen LogP contribution in [0.4, 0.5) is 0 Å². The first-order valence-electron chi connectivity index (χ1n) is 10.0. The fraction of sp³-hybridized carbons (Fsp3) is 0.381. The molecule has 0 spiro atoms. The maximum atomic E-state index is 12.9. The molecule has 162 valence electrons. The number of piperidine rings is 1. The van der Waals surface area contributed by atoms with Gasteiger partial charge in [-0.3, -0.25) is 9.59 Å². The van der Waals surface area contributed by atoms with Crippen molar-refractivity contribution in [1.82, 2.24) is 25.0 Å². The number of hydrogen-bond donors (Lipinski definition) is 1. The SMILES string of the molecule is Cc1nnsc1C(=O)N1CCC(CNC(=O)c2c(-c3ccccc3Cl)noc2C)CC1. The number of carbonyl (C=O) groups excluding carboxylic acids is 2. The first-order chi connectivity index (χ1) is 15.0. The number of benzene rings is 1. The van der Waals surface area contributed by atoms with Gasteiger partial charge in [0, 0.05) is 25.2 Å². The highest BCUT2D eigenvalue weighted by Gasteiger charge is 2.28. The summed E-state index contributed by atoms with van der Waals surface area (Å²) in [4.78, 5) is 27.9. The maximum Gasteiger partial charge on any atom is 0.267 e. The molecule has 8 nitrogen and oxygen atoms in total. The Bertz CT molecular complexity index is 1100. The molecule has 31 heavy (non-hydrogen) atoms. The summed E-state index contributed by atoms with van der Waals surface area (Å²) in [5.74, 6) is 0.483. The Morgan fingerprint density at radius 2 is 2.00 bits per heavy atom. The van der Waals surface area contributed by atoms with E-state index in [-0.39, 0.29) is 17.7 Å². The van der Waals surface area contributed by atoms with Crippen molar-refractivity contribution in [3.05, 3.63) is 51.2 Å². The van der Waals surface area contributed by atoms with Crippen molar-refractivity contribution in [3.63, 3.8) is 0 Å². The van der Waals surface area contributed by atoms with Gasteiger partial charge in [0.1, 0.15) is 21.9 Å².